The zero-order chi connectivity index (χ0) is 13.1. The van der Waals surface area contributed by atoms with Crippen molar-refractivity contribution in [1.29, 1.82) is 0 Å². The molecule has 0 spiro atoms. The van der Waals surface area contributed by atoms with Gasteiger partial charge in [0.05, 0.1) is 11.1 Å². The summed E-state index contributed by atoms with van der Waals surface area (Å²) in [6.07, 6.45) is 3.68. The fraction of sp³-hybridized carbons (Fsp3) is 0.154. The van der Waals surface area contributed by atoms with Crippen LogP contribution in [0.2, 0.25) is 0 Å². The zero-order valence-corrected chi connectivity index (χ0v) is 10.1. The SMILES string of the molecule is O=C(NCCc1ncno1)c1cccc2cc[nH]c12. The number of carbonyl (C=O) groups excluding carboxylic acids is 1. The third-order valence-corrected chi connectivity index (χ3v) is 2.86. The molecule has 3 aromatic rings. The monoisotopic (exact) mass is 256 g/mol. The van der Waals surface area contributed by atoms with E-state index in [-0.39, 0.29) is 5.91 Å². The summed E-state index contributed by atoms with van der Waals surface area (Å²) >= 11 is 0. The lowest BCUT2D eigenvalue weighted by molar-refractivity contribution is 0.0955. The van der Waals surface area contributed by atoms with Crippen LogP contribution in [0.1, 0.15) is 16.2 Å². The van der Waals surface area contributed by atoms with Gasteiger partial charge in [-0.2, -0.15) is 4.98 Å². The van der Waals surface area contributed by atoms with Gasteiger partial charge in [-0.25, -0.2) is 0 Å². The van der Waals surface area contributed by atoms with E-state index in [1.807, 2.05) is 24.4 Å². The third-order valence-electron chi connectivity index (χ3n) is 2.86. The van der Waals surface area contributed by atoms with Crippen LogP contribution in [0.3, 0.4) is 0 Å². The molecule has 2 aromatic heterocycles. The number of hydrogen-bond donors (Lipinski definition) is 2. The third kappa shape index (κ3) is 2.33. The Labute approximate surface area is 108 Å². The Kier molecular flexibility index (Phi) is 2.97. The summed E-state index contributed by atoms with van der Waals surface area (Å²) in [5, 5.41) is 7.36. The standard InChI is InChI=1S/C13H12N4O2/c18-13(15-7-5-11-16-8-17-19-11)10-3-1-2-9-4-6-14-12(9)10/h1-4,6,8,14H,5,7H2,(H,15,18). The minimum atomic E-state index is -0.118. The fourth-order valence-corrected chi connectivity index (χ4v) is 1.96. The van der Waals surface area contributed by atoms with Crippen LogP contribution < -0.4 is 5.32 Å². The maximum absolute atomic E-state index is 12.1. The average molecular weight is 256 g/mol. The molecule has 1 amide bonds. The summed E-state index contributed by atoms with van der Waals surface area (Å²) in [6, 6.07) is 7.55. The highest BCUT2D eigenvalue weighted by Gasteiger charge is 2.10. The number of hydrogen-bond acceptors (Lipinski definition) is 4. The first-order valence-electron chi connectivity index (χ1n) is 5.94. The van der Waals surface area contributed by atoms with Crippen LogP contribution in [-0.2, 0) is 6.42 Å². The van der Waals surface area contributed by atoms with Gasteiger partial charge in [0.2, 0.25) is 5.89 Å². The summed E-state index contributed by atoms with van der Waals surface area (Å²) in [5.74, 6) is 0.394. The van der Waals surface area contributed by atoms with E-state index in [0.717, 1.165) is 10.9 Å². The van der Waals surface area contributed by atoms with Gasteiger partial charge in [0.25, 0.3) is 5.91 Å². The lowest BCUT2D eigenvalue weighted by atomic mass is 10.1. The molecule has 0 radical (unpaired) electrons. The van der Waals surface area contributed by atoms with Crippen LogP contribution in [0.15, 0.2) is 41.3 Å². The van der Waals surface area contributed by atoms with E-state index in [4.69, 9.17) is 4.52 Å². The Bertz CT molecular complexity index is 688. The molecule has 0 saturated heterocycles. The second kappa shape index (κ2) is 4.93. The Morgan fingerprint density at radius 1 is 1.37 bits per heavy atom. The topological polar surface area (TPSA) is 83.8 Å². The second-order valence-corrected chi connectivity index (χ2v) is 4.09. The highest BCUT2D eigenvalue weighted by atomic mass is 16.5. The van der Waals surface area contributed by atoms with Crippen molar-refractivity contribution in [1.82, 2.24) is 20.4 Å². The second-order valence-electron chi connectivity index (χ2n) is 4.09. The van der Waals surface area contributed by atoms with Crippen molar-refractivity contribution < 1.29 is 9.32 Å². The molecule has 0 bridgehead atoms. The first-order valence-corrected chi connectivity index (χ1v) is 5.94. The molecule has 6 heteroatoms. The molecule has 0 aliphatic carbocycles. The van der Waals surface area contributed by atoms with Crippen molar-refractivity contribution in [3.05, 3.63) is 48.2 Å². The van der Waals surface area contributed by atoms with Crippen molar-refractivity contribution in [2.75, 3.05) is 6.54 Å². The number of benzene rings is 1. The molecule has 0 unspecified atom stereocenters. The molecule has 0 fully saturated rings. The van der Waals surface area contributed by atoms with Gasteiger partial charge in [-0.3, -0.25) is 4.79 Å². The van der Waals surface area contributed by atoms with Crippen LogP contribution >= 0.6 is 0 Å². The van der Waals surface area contributed by atoms with E-state index in [9.17, 15) is 4.79 Å². The van der Waals surface area contributed by atoms with Gasteiger partial charge in [-0.15, -0.1) is 0 Å². The van der Waals surface area contributed by atoms with Gasteiger partial charge in [0.1, 0.15) is 0 Å². The predicted octanol–water partition coefficient (Wildman–Crippen LogP) is 1.52. The Hall–Kier alpha value is -2.63. The normalized spacial score (nSPS) is 10.7. The number of rotatable bonds is 4. The summed E-state index contributed by atoms with van der Waals surface area (Å²) in [5.41, 5.74) is 1.48. The smallest absolute Gasteiger partial charge is 0.253 e. The average Bonchev–Trinajstić information content (AvgIpc) is 3.08. The highest BCUT2D eigenvalue weighted by molar-refractivity contribution is 6.05. The van der Waals surface area contributed by atoms with Gasteiger partial charge in [-0.1, -0.05) is 17.3 Å². The van der Waals surface area contributed by atoms with Crippen molar-refractivity contribution >= 4 is 16.8 Å². The Balaban J connectivity index is 1.68. The van der Waals surface area contributed by atoms with Gasteiger partial charge in [0.15, 0.2) is 6.33 Å². The molecule has 0 saturated carbocycles. The molecule has 6 nitrogen and oxygen atoms in total. The minimum Gasteiger partial charge on any atom is -0.361 e. The van der Waals surface area contributed by atoms with Gasteiger partial charge in [-0.05, 0) is 12.1 Å². The van der Waals surface area contributed by atoms with Crippen molar-refractivity contribution in [2.45, 2.75) is 6.42 Å². The van der Waals surface area contributed by atoms with Crippen LogP contribution in [0.25, 0.3) is 10.9 Å². The number of nitrogens with one attached hydrogen (secondary N) is 2. The Morgan fingerprint density at radius 3 is 3.16 bits per heavy atom. The number of nitrogens with zero attached hydrogens (tertiary/aromatic N) is 2. The number of H-pyrrole nitrogens is 1. The first kappa shape index (κ1) is 11.5. The number of amides is 1. The molecule has 1 aromatic carbocycles. The number of fused-ring (bicyclic) bond motifs is 1. The minimum absolute atomic E-state index is 0.118. The van der Waals surface area contributed by atoms with Crippen LogP contribution in [0, 0.1) is 0 Å². The van der Waals surface area contributed by atoms with Crippen molar-refractivity contribution in [3.63, 3.8) is 0 Å². The fourth-order valence-electron chi connectivity index (χ4n) is 1.96. The number of carbonyl (C=O) groups is 1. The lowest BCUT2D eigenvalue weighted by Crippen LogP contribution is -2.26. The summed E-state index contributed by atoms with van der Waals surface area (Å²) in [6.45, 7) is 0.456. The lowest BCUT2D eigenvalue weighted by Gasteiger charge is -2.04. The Morgan fingerprint density at radius 2 is 2.32 bits per heavy atom. The first-order chi connectivity index (χ1) is 9.34. The molecule has 0 aliphatic rings. The van der Waals surface area contributed by atoms with E-state index in [1.54, 1.807) is 6.07 Å². The molecule has 0 atom stereocenters. The van der Waals surface area contributed by atoms with Gasteiger partial charge in [0, 0.05) is 24.5 Å². The molecule has 3 rings (SSSR count). The molecule has 2 heterocycles. The van der Waals surface area contributed by atoms with E-state index in [0.29, 0.717) is 24.4 Å². The predicted molar refractivity (Wildman–Crippen MR) is 68.6 cm³/mol. The number of aromatic nitrogens is 3. The zero-order valence-electron chi connectivity index (χ0n) is 10.1. The molecule has 96 valence electrons. The van der Waals surface area contributed by atoms with E-state index in [2.05, 4.69) is 20.4 Å². The molecule has 2 N–H and O–H groups in total. The molecule has 0 aliphatic heterocycles. The molecular formula is C13H12N4O2. The van der Waals surface area contributed by atoms with E-state index in [1.165, 1.54) is 6.33 Å². The maximum atomic E-state index is 12.1. The summed E-state index contributed by atoms with van der Waals surface area (Å²) < 4.78 is 4.86. The van der Waals surface area contributed by atoms with E-state index >= 15 is 0 Å². The van der Waals surface area contributed by atoms with E-state index < -0.39 is 0 Å². The number of aromatic amines is 1. The quantitative estimate of drug-likeness (QED) is 0.741. The summed E-state index contributed by atoms with van der Waals surface area (Å²) in [7, 11) is 0. The van der Waals surface area contributed by atoms with Crippen LogP contribution in [0.4, 0.5) is 0 Å². The maximum Gasteiger partial charge on any atom is 0.253 e. The van der Waals surface area contributed by atoms with Crippen LogP contribution in [-0.4, -0.2) is 27.6 Å². The van der Waals surface area contributed by atoms with Crippen molar-refractivity contribution in [3.8, 4) is 0 Å². The van der Waals surface area contributed by atoms with Gasteiger partial charge >= 0.3 is 0 Å². The van der Waals surface area contributed by atoms with Crippen LogP contribution in [0.5, 0.6) is 0 Å². The number of para-hydroxylation sites is 1. The molecular weight excluding hydrogens is 244 g/mol. The van der Waals surface area contributed by atoms with Crippen molar-refractivity contribution in [2.24, 2.45) is 0 Å². The van der Waals surface area contributed by atoms with Gasteiger partial charge < -0.3 is 14.8 Å². The molecule has 19 heavy (non-hydrogen) atoms. The summed E-state index contributed by atoms with van der Waals surface area (Å²) in [4.78, 5) is 19.1. The highest BCUT2D eigenvalue weighted by Crippen LogP contribution is 2.16. The largest absolute Gasteiger partial charge is 0.361 e.